The Morgan fingerprint density at radius 1 is 1.06 bits per heavy atom. The Kier molecular flexibility index (Phi) is 2.77. The van der Waals surface area contributed by atoms with Gasteiger partial charge >= 0.3 is 0 Å². The second-order valence-corrected chi connectivity index (χ2v) is 4.30. The highest BCUT2D eigenvalue weighted by Crippen LogP contribution is 2.29. The fourth-order valence-electron chi connectivity index (χ4n) is 1.41. The predicted octanol–water partition coefficient (Wildman–Crippen LogP) is 3.72. The lowest BCUT2D eigenvalue weighted by atomic mass is 10.3. The molecule has 5 nitrogen and oxygen atoms in total. The zero-order chi connectivity index (χ0) is 12.5. The number of ether oxygens (including phenoxy) is 1. The van der Waals surface area contributed by atoms with Crippen LogP contribution in [0.15, 0.2) is 35.1 Å². The Morgan fingerprint density at radius 3 is 2.72 bits per heavy atom. The van der Waals surface area contributed by atoms with Crippen LogP contribution >= 0.6 is 23.2 Å². The molecule has 0 saturated carbocycles. The van der Waals surface area contributed by atoms with Crippen LogP contribution in [0.1, 0.15) is 0 Å². The minimum Gasteiger partial charge on any atom is -0.437 e. The maximum absolute atomic E-state index is 5.96. The van der Waals surface area contributed by atoms with Crippen LogP contribution < -0.4 is 4.74 Å². The molecule has 0 atom stereocenters. The minimum absolute atomic E-state index is 0.275. The summed E-state index contributed by atoms with van der Waals surface area (Å²) in [4.78, 5) is 4.00. The first kappa shape index (κ1) is 11.3. The Balaban J connectivity index is 1.95. The molecule has 3 aromatic rings. The van der Waals surface area contributed by atoms with Gasteiger partial charge < -0.3 is 4.74 Å². The molecule has 0 unspecified atom stereocenters. The van der Waals surface area contributed by atoms with Crippen molar-refractivity contribution in [1.82, 2.24) is 15.3 Å². The second kappa shape index (κ2) is 4.44. The average molecular weight is 282 g/mol. The van der Waals surface area contributed by atoms with Gasteiger partial charge in [-0.15, -0.1) is 0 Å². The fraction of sp³-hybridized carbons (Fsp3) is 0. The summed E-state index contributed by atoms with van der Waals surface area (Å²) in [6.07, 6.45) is 1.46. The Hall–Kier alpha value is -1.85. The van der Waals surface area contributed by atoms with Gasteiger partial charge in [-0.2, -0.15) is 0 Å². The topological polar surface area (TPSA) is 61.0 Å². The van der Waals surface area contributed by atoms with Gasteiger partial charge in [-0.05, 0) is 28.5 Å². The summed E-state index contributed by atoms with van der Waals surface area (Å²) in [5.41, 5.74) is 1.25. The van der Waals surface area contributed by atoms with E-state index in [1.54, 1.807) is 24.3 Å². The van der Waals surface area contributed by atoms with Gasteiger partial charge in [-0.3, -0.25) is 0 Å². The van der Waals surface area contributed by atoms with Crippen LogP contribution in [0.4, 0.5) is 0 Å². The van der Waals surface area contributed by atoms with Crippen molar-refractivity contribution in [2.24, 2.45) is 0 Å². The van der Waals surface area contributed by atoms with E-state index in [0.29, 0.717) is 26.8 Å². The van der Waals surface area contributed by atoms with Crippen LogP contribution in [0.2, 0.25) is 10.0 Å². The number of rotatable bonds is 2. The molecule has 7 heteroatoms. The van der Waals surface area contributed by atoms with Gasteiger partial charge in [0.05, 0.1) is 5.02 Å². The van der Waals surface area contributed by atoms with Crippen LogP contribution in [0.25, 0.3) is 11.0 Å². The first-order valence-corrected chi connectivity index (χ1v) is 5.69. The van der Waals surface area contributed by atoms with Crippen LogP contribution in [0, 0.1) is 0 Å². The summed E-state index contributed by atoms with van der Waals surface area (Å²) in [5, 5.41) is 8.19. The van der Waals surface area contributed by atoms with Crippen molar-refractivity contribution in [3.63, 3.8) is 0 Å². The van der Waals surface area contributed by atoms with E-state index < -0.39 is 0 Å². The Morgan fingerprint density at radius 2 is 1.89 bits per heavy atom. The summed E-state index contributed by atoms with van der Waals surface area (Å²) in [6.45, 7) is 0. The first-order chi connectivity index (χ1) is 8.72. The number of hydrogen-bond acceptors (Lipinski definition) is 5. The monoisotopic (exact) mass is 281 g/mol. The maximum Gasteiger partial charge on any atom is 0.238 e. The summed E-state index contributed by atoms with van der Waals surface area (Å²) in [7, 11) is 0. The Bertz CT molecular complexity index is 714. The van der Waals surface area contributed by atoms with Crippen molar-refractivity contribution in [3.05, 3.63) is 40.5 Å². The standard InChI is InChI=1S/C11H5Cl2N3O2/c12-6-3-8(13)11(14-5-6)17-7-1-2-9-10(4-7)16-18-15-9/h1-5H. The van der Waals surface area contributed by atoms with Crippen LogP contribution in [0.3, 0.4) is 0 Å². The van der Waals surface area contributed by atoms with E-state index >= 15 is 0 Å². The molecular weight excluding hydrogens is 277 g/mol. The van der Waals surface area contributed by atoms with Crippen molar-refractivity contribution in [3.8, 4) is 11.6 Å². The van der Waals surface area contributed by atoms with Crippen molar-refractivity contribution in [1.29, 1.82) is 0 Å². The van der Waals surface area contributed by atoms with Gasteiger partial charge in [0.15, 0.2) is 0 Å². The molecule has 0 fully saturated rings. The molecular formula is C11H5Cl2N3O2. The molecule has 0 aliphatic carbocycles. The highest BCUT2D eigenvalue weighted by atomic mass is 35.5. The third kappa shape index (κ3) is 2.10. The SMILES string of the molecule is Clc1cnc(Oc2ccc3nonc3c2)c(Cl)c1. The highest BCUT2D eigenvalue weighted by molar-refractivity contribution is 6.35. The van der Waals surface area contributed by atoms with E-state index in [0.717, 1.165) is 0 Å². The Labute approximate surface area is 111 Å². The molecule has 1 aromatic carbocycles. The highest BCUT2D eigenvalue weighted by Gasteiger charge is 2.07. The van der Waals surface area contributed by atoms with E-state index in [9.17, 15) is 0 Å². The molecule has 0 radical (unpaired) electrons. The third-order valence-electron chi connectivity index (χ3n) is 2.21. The largest absolute Gasteiger partial charge is 0.437 e. The number of nitrogens with zero attached hydrogens (tertiary/aromatic N) is 3. The lowest BCUT2D eigenvalue weighted by Crippen LogP contribution is -1.88. The van der Waals surface area contributed by atoms with Crippen molar-refractivity contribution >= 4 is 34.2 Å². The molecule has 2 aromatic heterocycles. The zero-order valence-electron chi connectivity index (χ0n) is 8.80. The van der Waals surface area contributed by atoms with Gasteiger partial charge in [-0.1, -0.05) is 23.2 Å². The number of hydrogen-bond donors (Lipinski definition) is 0. The van der Waals surface area contributed by atoms with Crippen LogP contribution in [-0.4, -0.2) is 15.3 Å². The quantitative estimate of drug-likeness (QED) is 0.716. The van der Waals surface area contributed by atoms with Gasteiger partial charge in [0.25, 0.3) is 0 Å². The number of aromatic nitrogens is 3. The van der Waals surface area contributed by atoms with Gasteiger partial charge in [0.1, 0.15) is 21.8 Å². The zero-order valence-corrected chi connectivity index (χ0v) is 10.3. The normalized spacial score (nSPS) is 10.8. The molecule has 0 aliphatic rings. The lowest BCUT2D eigenvalue weighted by Gasteiger charge is -2.05. The van der Waals surface area contributed by atoms with Crippen LogP contribution in [-0.2, 0) is 0 Å². The summed E-state index contributed by atoms with van der Waals surface area (Å²) in [6, 6.07) is 6.68. The van der Waals surface area contributed by atoms with E-state index in [4.69, 9.17) is 27.9 Å². The molecule has 0 spiro atoms. The van der Waals surface area contributed by atoms with Crippen molar-refractivity contribution < 1.29 is 9.37 Å². The molecule has 0 saturated heterocycles. The molecule has 18 heavy (non-hydrogen) atoms. The average Bonchev–Trinajstić information content (AvgIpc) is 2.80. The van der Waals surface area contributed by atoms with Gasteiger partial charge in [-0.25, -0.2) is 9.61 Å². The lowest BCUT2D eigenvalue weighted by molar-refractivity contribution is 0.315. The molecule has 0 bridgehead atoms. The number of benzene rings is 1. The molecule has 0 aliphatic heterocycles. The number of pyridine rings is 1. The molecule has 2 heterocycles. The molecule has 0 amide bonds. The van der Waals surface area contributed by atoms with E-state index in [2.05, 4.69) is 19.9 Å². The number of fused-ring (bicyclic) bond motifs is 1. The second-order valence-electron chi connectivity index (χ2n) is 3.46. The van der Waals surface area contributed by atoms with E-state index in [1.807, 2.05) is 0 Å². The summed E-state index contributed by atoms with van der Waals surface area (Å²) in [5.74, 6) is 0.812. The molecule has 0 N–H and O–H groups in total. The smallest absolute Gasteiger partial charge is 0.238 e. The van der Waals surface area contributed by atoms with Crippen LogP contribution in [0.5, 0.6) is 11.6 Å². The van der Waals surface area contributed by atoms with Crippen molar-refractivity contribution in [2.45, 2.75) is 0 Å². The summed E-state index contributed by atoms with van der Waals surface area (Å²) < 4.78 is 10.1. The predicted molar refractivity (Wildman–Crippen MR) is 66.1 cm³/mol. The first-order valence-electron chi connectivity index (χ1n) is 4.93. The molecule has 90 valence electrons. The van der Waals surface area contributed by atoms with Crippen molar-refractivity contribution in [2.75, 3.05) is 0 Å². The van der Waals surface area contributed by atoms with E-state index in [-0.39, 0.29) is 5.88 Å². The minimum atomic E-state index is 0.275. The van der Waals surface area contributed by atoms with Gasteiger partial charge in [0, 0.05) is 12.3 Å². The maximum atomic E-state index is 5.96. The van der Waals surface area contributed by atoms with Gasteiger partial charge in [0.2, 0.25) is 5.88 Å². The van der Waals surface area contributed by atoms with E-state index in [1.165, 1.54) is 6.20 Å². The molecule has 3 rings (SSSR count). The number of halogens is 2. The third-order valence-corrected chi connectivity index (χ3v) is 2.69. The fourth-order valence-corrected chi connectivity index (χ4v) is 1.83. The summed E-state index contributed by atoms with van der Waals surface area (Å²) >= 11 is 11.7.